The molecule has 0 bridgehead atoms. The third-order valence-electron chi connectivity index (χ3n) is 4.45. The summed E-state index contributed by atoms with van der Waals surface area (Å²) in [6.45, 7) is 1.78. The summed E-state index contributed by atoms with van der Waals surface area (Å²) in [6.07, 6.45) is 1.80. The van der Waals surface area contributed by atoms with Gasteiger partial charge in [0.1, 0.15) is 0 Å². The van der Waals surface area contributed by atoms with Crippen LogP contribution in [-0.2, 0) is 27.3 Å². The highest BCUT2D eigenvalue weighted by atomic mass is 16.5. The van der Waals surface area contributed by atoms with Crippen LogP contribution < -0.4 is 5.32 Å². The Labute approximate surface area is 158 Å². The molecule has 27 heavy (non-hydrogen) atoms. The zero-order valence-electron chi connectivity index (χ0n) is 15.0. The highest BCUT2D eigenvalue weighted by Crippen LogP contribution is 2.18. The molecule has 0 radical (unpaired) electrons. The van der Waals surface area contributed by atoms with Crippen molar-refractivity contribution < 1.29 is 24.2 Å². The van der Waals surface area contributed by atoms with Crippen LogP contribution in [0, 0.1) is 0 Å². The molecule has 6 nitrogen and oxygen atoms in total. The van der Waals surface area contributed by atoms with Crippen LogP contribution in [0.4, 0.5) is 5.69 Å². The zero-order valence-corrected chi connectivity index (χ0v) is 15.0. The monoisotopic (exact) mass is 369 g/mol. The molecule has 1 saturated heterocycles. The zero-order chi connectivity index (χ0) is 19.1. The van der Waals surface area contributed by atoms with E-state index >= 15 is 0 Å². The lowest BCUT2D eigenvalue weighted by atomic mass is 10.1. The van der Waals surface area contributed by atoms with Crippen molar-refractivity contribution >= 4 is 17.6 Å². The van der Waals surface area contributed by atoms with Crippen molar-refractivity contribution in [3.05, 3.63) is 65.2 Å². The molecule has 0 saturated carbocycles. The predicted octanol–water partition coefficient (Wildman–Crippen LogP) is 3.26. The molecule has 1 heterocycles. The first-order valence-electron chi connectivity index (χ1n) is 9.01. The van der Waals surface area contributed by atoms with Gasteiger partial charge in [0.25, 0.3) is 5.91 Å². The van der Waals surface area contributed by atoms with Gasteiger partial charge in [0.2, 0.25) is 0 Å². The summed E-state index contributed by atoms with van der Waals surface area (Å²) < 4.78 is 11.3. The van der Waals surface area contributed by atoms with Gasteiger partial charge in [-0.25, -0.2) is 0 Å². The molecule has 0 atom stereocenters. The fraction of sp³-hybridized carbons (Fsp3) is 0.333. The van der Waals surface area contributed by atoms with Crippen molar-refractivity contribution in [1.82, 2.24) is 0 Å². The molecule has 0 aromatic heterocycles. The first-order valence-corrected chi connectivity index (χ1v) is 9.01. The van der Waals surface area contributed by atoms with Crippen molar-refractivity contribution in [1.29, 1.82) is 0 Å². The standard InChI is InChI=1S/C21H23NO5/c23-20(24)13-15-4-3-6-17(12-15)22-21(25)19-7-2-1-5-16(19)14-27-18-8-10-26-11-9-18/h1-7,12,18H,8-11,13-14H2,(H,22,25)(H,23,24). The van der Waals surface area contributed by atoms with Gasteiger partial charge >= 0.3 is 5.97 Å². The summed E-state index contributed by atoms with van der Waals surface area (Å²) in [5.74, 6) is -1.15. The van der Waals surface area contributed by atoms with Crippen LogP contribution in [0.3, 0.4) is 0 Å². The van der Waals surface area contributed by atoms with E-state index in [0.29, 0.717) is 36.6 Å². The minimum Gasteiger partial charge on any atom is -0.481 e. The van der Waals surface area contributed by atoms with Crippen LogP contribution >= 0.6 is 0 Å². The molecule has 0 spiro atoms. The minimum absolute atomic E-state index is 0.0841. The summed E-state index contributed by atoms with van der Waals surface area (Å²) >= 11 is 0. The van der Waals surface area contributed by atoms with Crippen LogP contribution in [0.2, 0.25) is 0 Å². The van der Waals surface area contributed by atoms with E-state index in [1.165, 1.54) is 0 Å². The van der Waals surface area contributed by atoms with Gasteiger partial charge < -0.3 is 19.9 Å². The molecular weight excluding hydrogens is 346 g/mol. The Hall–Kier alpha value is -2.70. The van der Waals surface area contributed by atoms with E-state index in [2.05, 4.69) is 5.32 Å². The third kappa shape index (κ3) is 5.64. The first kappa shape index (κ1) is 19.1. The van der Waals surface area contributed by atoms with Crippen LogP contribution in [0.25, 0.3) is 0 Å². The number of rotatable bonds is 7. The van der Waals surface area contributed by atoms with Crippen molar-refractivity contribution in [2.24, 2.45) is 0 Å². The summed E-state index contributed by atoms with van der Waals surface area (Å²) in [5, 5.41) is 11.8. The summed E-state index contributed by atoms with van der Waals surface area (Å²) in [5.41, 5.74) is 2.58. The number of hydrogen-bond acceptors (Lipinski definition) is 4. The summed E-state index contributed by atoms with van der Waals surface area (Å²) in [4.78, 5) is 23.6. The van der Waals surface area contributed by atoms with E-state index < -0.39 is 5.97 Å². The fourth-order valence-corrected chi connectivity index (χ4v) is 3.05. The second-order valence-corrected chi connectivity index (χ2v) is 6.50. The van der Waals surface area contributed by atoms with Gasteiger partial charge in [-0.15, -0.1) is 0 Å². The summed E-state index contributed by atoms with van der Waals surface area (Å²) in [6, 6.07) is 14.2. The molecule has 1 aliphatic rings. The SMILES string of the molecule is O=C(O)Cc1cccc(NC(=O)c2ccccc2COC2CCOCC2)c1. The number of carboxylic acid groups (broad SMARTS) is 1. The van der Waals surface area contributed by atoms with Crippen molar-refractivity contribution in [2.45, 2.75) is 32.0 Å². The van der Waals surface area contributed by atoms with Crippen LogP contribution in [0.5, 0.6) is 0 Å². The average Bonchev–Trinajstić information content (AvgIpc) is 2.67. The fourth-order valence-electron chi connectivity index (χ4n) is 3.05. The van der Waals surface area contributed by atoms with E-state index in [1.807, 2.05) is 18.2 Å². The van der Waals surface area contributed by atoms with Crippen LogP contribution in [0.1, 0.15) is 34.3 Å². The lowest BCUT2D eigenvalue weighted by Crippen LogP contribution is -2.24. The molecule has 0 aliphatic carbocycles. The van der Waals surface area contributed by atoms with Gasteiger partial charge in [-0.2, -0.15) is 0 Å². The Morgan fingerprint density at radius 3 is 2.67 bits per heavy atom. The molecule has 142 valence electrons. The smallest absolute Gasteiger partial charge is 0.307 e. The maximum atomic E-state index is 12.7. The Morgan fingerprint density at radius 2 is 1.89 bits per heavy atom. The summed E-state index contributed by atoms with van der Waals surface area (Å²) in [7, 11) is 0. The number of amides is 1. The number of nitrogens with one attached hydrogen (secondary N) is 1. The van der Waals surface area contributed by atoms with Gasteiger partial charge in [-0.1, -0.05) is 30.3 Å². The molecule has 2 aromatic rings. The molecule has 2 N–H and O–H groups in total. The van der Waals surface area contributed by atoms with Gasteiger partial charge in [-0.05, 0) is 42.2 Å². The van der Waals surface area contributed by atoms with E-state index in [4.69, 9.17) is 14.6 Å². The van der Waals surface area contributed by atoms with Crippen molar-refractivity contribution in [2.75, 3.05) is 18.5 Å². The Kier molecular flexibility index (Phi) is 6.57. The molecule has 1 fully saturated rings. The number of aliphatic carboxylic acids is 1. The lowest BCUT2D eigenvalue weighted by molar-refractivity contribution is -0.136. The number of anilines is 1. The van der Waals surface area contributed by atoms with Crippen molar-refractivity contribution in [3.8, 4) is 0 Å². The molecule has 1 aliphatic heterocycles. The van der Waals surface area contributed by atoms with Gasteiger partial charge in [0.15, 0.2) is 0 Å². The number of hydrogen-bond donors (Lipinski definition) is 2. The van der Waals surface area contributed by atoms with Crippen molar-refractivity contribution in [3.63, 3.8) is 0 Å². The quantitative estimate of drug-likeness (QED) is 0.782. The van der Waals surface area contributed by atoms with Crippen LogP contribution in [-0.4, -0.2) is 36.3 Å². The Bertz CT molecular complexity index is 799. The van der Waals surface area contributed by atoms with E-state index in [1.54, 1.807) is 30.3 Å². The van der Waals surface area contributed by atoms with E-state index in [0.717, 1.165) is 18.4 Å². The van der Waals surface area contributed by atoms with E-state index in [-0.39, 0.29) is 18.4 Å². The highest BCUT2D eigenvalue weighted by Gasteiger charge is 2.17. The highest BCUT2D eigenvalue weighted by molar-refractivity contribution is 6.05. The molecule has 3 rings (SSSR count). The number of carbonyl (C=O) groups excluding carboxylic acids is 1. The molecular formula is C21H23NO5. The second-order valence-electron chi connectivity index (χ2n) is 6.50. The predicted molar refractivity (Wildman–Crippen MR) is 101 cm³/mol. The average molecular weight is 369 g/mol. The number of carboxylic acids is 1. The van der Waals surface area contributed by atoms with Gasteiger partial charge in [0.05, 0.1) is 19.1 Å². The maximum Gasteiger partial charge on any atom is 0.307 e. The van der Waals surface area contributed by atoms with Gasteiger partial charge in [-0.3, -0.25) is 9.59 Å². The largest absolute Gasteiger partial charge is 0.481 e. The minimum atomic E-state index is -0.908. The first-order chi connectivity index (χ1) is 13.1. The van der Waals surface area contributed by atoms with E-state index in [9.17, 15) is 9.59 Å². The number of benzene rings is 2. The van der Waals surface area contributed by atoms with Gasteiger partial charge in [0, 0.05) is 24.5 Å². The lowest BCUT2D eigenvalue weighted by Gasteiger charge is -2.23. The number of carbonyl (C=O) groups is 2. The Morgan fingerprint density at radius 1 is 1.11 bits per heavy atom. The second kappa shape index (κ2) is 9.30. The molecule has 0 unspecified atom stereocenters. The normalized spacial score (nSPS) is 14.7. The molecule has 2 aromatic carbocycles. The number of ether oxygens (including phenoxy) is 2. The topological polar surface area (TPSA) is 84.9 Å². The maximum absolute atomic E-state index is 12.7. The molecule has 1 amide bonds. The Balaban J connectivity index is 1.66. The van der Waals surface area contributed by atoms with Crippen LogP contribution in [0.15, 0.2) is 48.5 Å². The molecule has 6 heteroatoms. The third-order valence-corrected chi connectivity index (χ3v) is 4.45.